The Balaban J connectivity index is 2.12. The first-order valence-electron chi connectivity index (χ1n) is 9.14. The standard InChI is InChI=1S/C22H24N4O3/c1-28-18-5-6-20(29-2)19(12-18)22(21(23)27,13-17-4-3-9-25-14-17)26-15-16-7-10-24-11-8-16/h3-12,14,26H,13,15H2,1-2H3,(H2,23,27). The summed E-state index contributed by atoms with van der Waals surface area (Å²) in [5, 5.41) is 3.37. The van der Waals surface area contributed by atoms with Crippen LogP contribution in [0.1, 0.15) is 16.7 Å². The molecule has 29 heavy (non-hydrogen) atoms. The molecule has 0 spiro atoms. The van der Waals surface area contributed by atoms with Crippen molar-refractivity contribution in [1.29, 1.82) is 0 Å². The van der Waals surface area contributed by atoms with Crippen molar-refractivity contribution in [2.45, 2.75) is 18.5 Å². The van der Waals surface area contributed by atoms with Gasteiger partial charge in [-0.2, -0.15) is 0 Å². The van der Waals surface area contributed by atoms with Gasteiger partial charge in [0, 0.05) is 43.3 Å². The Bertz CT molecular complexity index is 951. The molecule has 0 saturated carbocycles. The molecule has 3 N–H and O–H groups in total. The van der Waals surface area contributed by atoms with Gasteiger partial charge in [-0.1, -0.05) is 6.07 Å². The molecule has 3 aromatic rings. The molecule has 3 rings (SSSR count). The monoisotopic (exact) mass is 392 g/mol. The average Bonchev–Trinajstić information content (AvgIpc) is 2.77. The second-order valence-electron chi connectivity index (χ2n) is 6.58. The lowest BCUT2D eigenvalue weighted by molar-refractivity contribution is -0.125. The smallest absolute Gasteiger partial charge is 0.242 e. The molecule has 0 radical (unpaired) electrons. The third kappa shape index (κ3) is 4.52. The zero-order chi connectivity index (χ0) is 20.7. The number of nitrogens with zero attached hydrogens (tertiary/aromatic N) is 2. The van der Waals surface area contributed by atoms with Crippen LogP contribution in [0.5, 0.6) is 11.5 Å². The SMILES string of the molecule is COc1ccc(OC)c(C(Cc2cccnc2)(NCc2ccncc2)C(N)=O)c1. The molecule has 0 aliphatic heterocycles. The summed E-state index contributed by atoms with van der Waals surface area (Å²) < 4.78 is 10.9. The van der Waals surface area contributed by atoms with Crippen molar-refractivity contribution < 1.29 is 14.3 Å². The van der Waals surface area contributed by atoms with Gasteiger partial charge in [-0.3, -0.25) is 20.1 Å². The van der Waals surface area contributed by atoms with Crippen molar-refractivity contribution in [3.05, 3.63) is 83.9 Å². The molecule has 0 aliphatic carbocycles. The highest BCUT2D eigenvalue weighted by molar-refractivity contribution is 5.87. The first-order valence-corrected chi connectivity index (χ1v) is 9.14. The summed E-state index contributed by atoms with van der Waals surface area (Å²) in [6.45, 7) is 0.409. The van der Waals surface area contributed by atoms with Gasteiger partial charge in [0.05, 0.1) is 14.2 Å². The van der Waals surface area contributed by atoms with E-state index in [1.54, 1.807) is 57.2 Å². The van der Waals surface area contributed by atoms with Gasteiger partial charge in [0.25, 0.3) is 0 Å². The highest BCUT2D eigenvalue weighted by Crippen LogP contribution is 2.36. The number of carbonyl (C=O) groups is 1. The molecule has 0 aliphatic rings. The summed E-state index contributed by atoms with van der Waals surface area (Å²) in [7, 11) is 3.13. The van der Waals surface area contributed by atoms with Crippen LogP contribution >= 0.6 is 0 Å². The fourth-order valence-electron chi connectivity index (χ4n) is 3.27. The Morgan fingerprint density at radius 3 is 2.45 bits per heavy atom. The molecule has 1 aromatic carbocycles. The normalized spacial score (nSPS) is 12.8. The fourth-order valence-corrected chi connectivity index (χ4v) is 3.27. The van der Waals surface area contributed by atoms with Gasteiger partial charge in [-0.25, -0.2) is 0 Å². The quantitative estimate of drug-likeness (QED) is 0.579. The van der Waals surface area contributed by atoms with E-state index in [-0.39, 0.29) is 0 Å². The van der Waals surface area contributed by atoms with Crippen LogP contribution in [-0.2, 0) is 23.3 Å². The Morgan fingerprint density at radius 2 is 1.83 bits per heavy atom. The largest absolute Gasteiger partial charge is 0.497 e. The van der Waals surface area contributed by atoms with E-state index >= 15 is 0 Å². The number of nitrogens with two attached hydrogens (primary N) is 1. The molecule has 7 nitrogen and oxygen atoms in total. The van der Waals surface area contributed by atoms with Crippen LogP contribution in [0, 0.1) is 0 Å². The van der Waals surface area contributed by atoms with E-state index in [4.69, 9.17) is 15.2 Å². The first-order chi connectivity index (χ1) is 14.1. The third-order valence-electron chi connectivity index (χ3n) is 4.82. The summed E-state index contributed by atoms with van der Waals surface area (Å²) in [6, 6.07) is 12.8. The van der Waals surface area contributed by atoms with Gasteiger partial charge >= 0.3 is 0 Å². The maximum absolute atomic E-state index is 12.9. The van der Waals surface area contributed by atoms with Crippen molar-refractivity contribution in [2.75, 3.05) is 14.2 Å². The van der Waals surface area contributed by atoms with E-state index in [0.717, 1.165) is 11.1 Å². The van der Waals surface area contributed by atoms with Crippen molar-refractivity contribution >= 4 is 5.91 Å². The summed E-state index contributed by atoms with van der Waals surface area (Å²) in [6.07, 6.45) is 7.11. The lowest BCUT2D eigenvalue weighted by atomic mass is 9.82. The number of methoxy groups -OCH3 is 2. The molecular formula is C22H24N4O3. The van der Waals surface area contributed by atoms with Gasteiger partial charge in [0.2, 0.25) is 5.91 Å². The van der Waals surface area contributed by atoms with Gasteiger partial charge in [0.1, 0.15) is 17.0 Å². The number of rotatable bonds is 9. The average molecular weight is 392 g/mol. The maximum atomic E-state index is 12.9. The summed E-state index contributed by atoms with van der Waals surface area (Å²) in [5.41, 5.74) is 7.19. The number of benzene rings is 1. The number of carbonyl (C=O) groups excluding carboxylic acids is 1. The van der Waals surface area contributed by atoms with E-state index in [2.05, 4.69) is 15.3 Å². The van der Waals surface area contributed by atoms with E-state index in [0.29, 0.717) is 30.0 Å². The lowest BCUT2D eigenvalue weighted by Crippen LogP contribution is -2.54. The number of nitrogens with one attached hydrogen (secondary N) is 1. The predicted octanol–water partition coefficient (Wildman–Crippen LogP) is 2.21. The molecule has 0 bridgehead atoms. The van der Waals surface area contributed by atoms with Crippen LogP contribution in [0.4, 0.5) is 0 Å². The minimum atomic E-state index is -1.24. The number of hydrogen-bond acceptors (Lipinski definition) is 6. The third-order valence-corrected chi connectivity index (χ3v) is 4.82. The Morgan fingerprint density at radius 1 is 1.03 bits per heavy atom. The molecule has 2 heterocycles. The van der Waals surface area contributed by atoms with Crippen LogP contribution in [0.25, 0.3) is 0 Å². The van der Waals surface area contributed by atoms with Crippen molar-refractivity contribution in [3.63, 3.8) is 0 Å². The van der Waals surface area contributed by atoms with E-state index in [1.807, 2.05) is 24.3 Å². The molecule has 1 atom stereocenters. The highest BCUT2D eigenvalue weighted by Gasteiger charge is 2.41. The van der Waals surface area contributed by atoms with Crippen LogP contribution in [0.2, 0.25) is 0 Å². The van der Waals surface area contributed by atoms with Gasteiger partial charge in [-0.15, -0.1) is 0 Å². The fraction of sp³-hybridized carbons (Fsp3) is 0.227. The Hall–Kier alpha value is -3.45. The second kappa shape index (κ2) is 9.16. The molecule has 0 fully saturated rings. The zero-order valence-electron chi connectivity index (χ0n) is 16.5. The lowest BCUT2D eigenvalue weighted by Gasteiger charge is -2.34. The van der Waals surface area contributed by atoms with E-state index < -0.39 is 11.4 Å². The predicted molar refractivity (Wildman–Crippen MR) is 109 cm³/mol. The number of amides is 1. The molecule has 0 saturated heterocycles. The minimum Gasteiger partial charge on any atom is -0.497 e. The van der Waals surface area contributed by atoms with Crippen molar-refractivity contribution in [1.82, 2.24) is 15.3 Å². The van der Waals surface area contributed by atoms with E-state index in [9.17, 15) is 4.79 Å². The topological polar surface area (TPSA) is 99.4 Å². The number of hydrogen-bond donors (Lipinski definition) is 2. The zero-order valence-corrected chi connectivity index (χ0v) is 16.5. The molecular weight excluding hydrogens is 368 g/mol. The number of ether oxygens (including phenoxy) is 2. The second-order valence-corrected chi connectivity index (χ2v) is 6.58. The van der Waals surface area contributed by atoms with Crippen molar-refractivity contribution in [3.8, 4) is 11.5 Å². The number of aromatic nitrogens is 2. The summed E-state index contributed by atoms with van der Waals surface area (Å²) in [5.74, 6) is 0.612. The van der Waals surface area contributed by atoms with Gasteiger partial charge < -0.3 is 15.2 Å². The maximum Gasteiger partial charge on any atom is 0.242 e. The Labute approximate surface area is 169 Å². The summed E-state index contributed by atoms with van der Waals surface area (Å²) in [4.78, 5) is 21.2. The highest BCUT2D eigenvalue weighted by atomic mass is 16.5. The first kappa shape index (κ1) is 20.3. The molecule has 1 amide bonds. The van der Waals surface area contributed by atoms with Crippen LogP contribution < -0.4 is 20.5 Å². The number of primary amides is 1. The number of pyridine rings is 2. The summed E-state index contributed by atoms with van der Waals surface area (Å²) >= 11 is 0. The molecule has 1 unspecified atom stereocenters. The van der Waals surface area contributed by atoms with Crippen LogP contribution in [0.3, 0.4) is 0 Å². The van der Waals surface area contributed by atoms with Crippen LogP contribution in [0.15, 0.2) is 67.3 Å². The van der Waals surface area contributed by atoms with Gasteiger partial charge in [-0.05, 0) is 47.5 Å². The molecule has 7 heteroatoms. The minimum absolute atomic E-state index is 0.296. The Kier molecular flexibility index (Phi) is 6.41. The molecule has 2 aromatic heterocycles. The molecule has 150 valence electrons. The van der Waals surface area contributed by atoms with Gasteiger partial charge in [0.15, 0.2) is 0 Å². The van der Waals surface area contributed by atoms with Crippen LogP contribution in [-0.4, -0.2) is 30.1 Å². The van der Waals surface area contributed by atoms with Crippen molar-refractivity contribution in [2.24, 2.45) is 5.73 Å². The van der Waals surface area contributed by atoms with E-state index in [1.165, 1.54) is 0 Å².